The van der Waals surface area contributed by atoms with Crippen LogP contribution in [0, 0.1) is 3.57 Å². The van der Waals surface area contributed by atoms with Crippen molar-refractivity contribution in [2.45, 2.75) is 32.6 Å². The van der Waals surface area contributed by atoms with E-state index in [1.54, 1.807) is 0 Å². The smallest absolute Gasteiger partial charge is 0.319 e. The quantitative estimate of drug-likeness (QED) is 0.593. The molecule has 0 spiro atoms. The van der Waals surface area contributed by atoms with Gasteiger partial charge in [0, 0.05) is 15.8 Å². The maximum Gasteiger partial charge on any atom is 0.319 e. The van der Waals surface area contributed by atoms with E-state index < -0.39 is 0 Å². The molecule has 0 heterocycles. The van der Waals surface area contributed by atoms with E-state index in [0.717, 1.165) is 22.2 Å². The zero-order chi connectivity index (χ0) is 12.5. The van der Waals surface area contributed by atoms with E-state index in [-0.39, 0.29) is 6.03 Å². The molecule has 0 aliphatic rings. The number of carbonyl (C=O) groups is 1. The van der Waals surface area contributed by atoms with Gasteiger partial charge in [0.1, 0.15) is 0 Å². The lowest BCUT2D eigenvalue weighted by molar-refractivity contribution is 0.252. The molecule has 0 aromatic heterocycles. The Morgan fingerprint density at radius 3 is 2.53 bits per heavy atom. The third kappa shape index (κ3) is 6.51. The lowest BCUT2D eigenvalue weighted by Crippen LogP contribution is -2.29. The second-order valence-corrected chi connectivity index (χ2v) is 5.19. The first-order valence-electron chi connectivity index (χ1n) is 6.03. The molecule has 1 aromatic carbocycles. The maximum absolute atomic E-state index is 11.5. The van der Waals surface area contributed by atoms with E-state index in [2.05, 4.69) is 40.1 Å². The van der Waals surface area contributed by atoms with Crippen molar-refractivity contribution in [1.29, 1.82) is 0 Å². The summed E-state index contributed by atoms with van der Waals surface area (Å²) < 4.78 is 1.16. The number of halogens is 1. The van der Waals surface area contributed by atoms with Gasteiger partial charge in [-0.2, -0.15) is 0 Å². The molecule has 0 radical (unpaired) electrons. The lowest BCUT2D eigenvalue weighted by Gasteiger charge is -2.07. The first-order chi connectivity index (χ1) is 8.22. The highest BCUT2D eigenvalue weighted by Crippen LogP contribution is 2.10. The van der Waals surface area contributed by atoms with Gasteiger partial charge in [-0.15, -0.1) is 0 Å². The molecule has 0 unspecified atom stereocenters. The zero-order valence-electron chi connectivity index (χ0n) is 10.1. The number of rotatable bonds is 6. The molecule has 2 amide bonds. The highest BCUT2D eigenvalue weighted by atomic mass is 127. The van der Waals surface area contributed by atoms with Gasteiger partial charge >= 0.3 is 6.03 Å². The topological polar surface area (TPSA) is 41.1 Å². The van der Waals surface area contributed by atoms with Crippen LogP contribution in [0.4, 0.5) is 10.5 Å². The molecule has 3 nitrogen and oxygen atoms in total. The predicted octanol–water partition coefficient (Wildman–Crippen LogP) is 3.99. The molecule has 0 saturated heterocycles. The highest BCUT2D eigenvalue weighted by molar-refractivity contribution is 14.1. The van der Waals surface area contributed by atoms with Gasteiger partial charge < -0.3 is 10.6 Å². The van der Waals surface area contributed by atoms with Crippen LogP contribution in [0.5, 0.6) is 0 Å². The number of hydrogen-bond donors (Lipinski definition) is 2. The summed E-state index contributed by atoms with van der Waals surface area (Å²) in [5.74, 6) is 0. The number of amides is 2. The van der Waals surface area contributed by atoms with E-state index in [1.165, 1.54) is 19.3 Å². The summed E-state index contributed by atoms with van der Waals surface area (Å²) in [6, 6.07) is 7.62. The van der Waals surface area contributed by atoms with Crippen molar-refractivity contribution in [3.63, 3.8) is 0 Å². The van der Waals surface area contributed by atoms with Gasteiger partial charge in [0.05, 0.1) is 0 Å². The Balaban J connectivity index is 2.18. The lowest BCUT2D eigenvalue weighted by atomic mass is 10.2. The minimum absolute atomic E-state index is 0.122. The van der Waals surface area contributed by atoms with Gasteiger partial charge in [0.15, 0.2) is 0 Å². The molecule has 1 rings (SSSR count). The predicted molar refractivity (Wildman–Crippen MR) is 80.3 cm³/mol. The maximum atomic E-state index is 11.5. The molecular formula is C13H19IN2O. The SMILES string of the molecule is CCCCCCNC(=O)Nc1ccc(I)cc1. The minimum Gasteiger partial charge on any atom is -0.338 e. The van der Waals surface area contributed by atoms with Crippen molar-refractivity contribution in [1.82, 2.24) is 5.32 Å². The molecule has 1 aromatic rings. The van der Waals surface area contributed by atoms with Gasteiger partial charge in [-0.25, -0.2) is 4.79 Å². The van der Waals surface area contributed by atoms with Crippen molar-refractivity contribution >= 4 is 34.3 Å². The Labute approximate surface area is 117 Å². The number of anilines is 1. The van der Waals surface area contributed by atoms with Crippen LogP contribution in [0.25, 0.3) is 0 Å². The minimum atomic E-state index is -0.122. The van der Waals surface area contributed by atoms with Crippen LogP contribution < -0.4 is 10.6 Å². The van der Waals surface area contributed by atoms with Gasteiger partial charge in [-0.3, -0.25) is 0 Å². The monoisotopic (exact) mass is 346 g/mol. The number of hydrogen-bond acceptors (Lipinski definition) is 1. The van der Waals surface area contributed by atoms with E-state index >= 15 is 0 Å². The fourth-order valence-electron chi connectivity index (χ4n) is 1.46. The van der Waals surface area contributed by atoms with E-state index in [1.807, 2.05) is 24.3 Å². The van der Waals surface area contributed by atoms with Crippen LogP contribution in [0.15, 0.2) is 24.3 Å². The number of carbonyl (C=O) groups excluding carboxylic acids is 1. The van der Waals surface area contributed by atoms with Gasteiger partial charge in [-0.05, 0) is 53.3 Å². The van der Waals surface area contributed by atoms with Crippen molar-refractivity contribution in [3.8, 4) is 0 Å². The van der Waals surface area contributed by atoms with Crippen LogP contribution in [0.1, 0.15) is 32.6 Å². The van der Waals surface area contributed by atoms with Gasteiger partial charge in [0.2, 0.25) is 0 Å². The summed E-state index contributed by atoms with van der Waals surface area (Å²) in [5, 5.41) is 5.66. The van der Waals surface area contributed by atoms with E-state index in [9.17, 15) is 4.79 Å². The molecule has 0 aliphatic carbocycles. The number of unbranched alkanes of at least 4 members (excludes halogenated alkanes) is 3. The Kier molecular flexibility index (Phi) is 7.00. The van der Waals surface area contributed by atoms with Crippen LogP contribution in [-0.2, 0) is 0 Å². The van der Waals surface area contributed by atoms with E-state index in [4.69, 9.17) is 0 Å². The average Bonchev–Trinajstić information content (AvgIpc) is 2.32. The third-order valence-corrected chi connectivity index (χ3v) is 3.14. The number of nitrogens with one attached hydrogen (secondary N) is 2. The van der Waals surface area contributed by atoms with Crippen LogP contribution >= 0.6 is 22.6 Å². The fraction of sp³-hybridized carbons (Fsp3) is 0.462. The largest absolute Gasteiger partial charge is 0.338 e. The summed E-state index contributed by atoms with van der Waals surface area (Å²) >= 11 is 2.24. The molecule has 17 heavy (non-hydrogen) atoms. The Morgan fingerprint density at radius 2 is 1.88 bits per heavy atom. The molecule has 0 fully saturated rings. The zero-order valence-corrected chi connectivity index (χ0v) is 12.3. The first-order valence-corrected chi connectivity index (χ1v) is 7.10. The molecule has 0 saturated carbocycles. The third-order valence-electron chi connectivity index (χ3n) is 2.42. The van der Waals surface area contributed by atoms with Crippen LogP contribution in [0.2, 0.25) is 0 Å². The molecule has 0 bridgehead atoms. The van der Waals surface area contributed by atoms with Crippen molar-refractivity contribution in [2.24, 2.45) is 0 Å². The summed E-state index contributed by atoms with van der Waals surface area (Å²) in [4.78, 5) is 11.5. The van der Waals surface area contributed by atoms with Gasteiger partial charge in [-0.1, -0.05) is 26.2 Å². The standard InChI is InChI=1S/C13H19IN2O/c1-2-3-4-5-10-15-13(17)16-12-8-6-11(14)7-9-12/h6-9H,2-5,10H2,1H3,(H2,15,16,17). The average molecular weight is 346 g/mol. The van der Waals surface area contributed by atoms with Crippen molar-refractivity contribution in [3.05, 3.63) is 27.8 Å². The molecule has 94 valence electrons. The summed E-state index contributed by atoms with van der Waals surface area (Å²) in [6.07, 6.45) is 4.68. The molecule has 2 N–H and O–H groups in total. The Hall–Kier alpha value is -0.780. The number of benzene rings is 1. The molecule has 0 aliphatic heterocycles. The highest BCUT2D eigenvalue weighted by Gasteiger charge is 2.00. The van der Waals surface area contributed by atoms with Crippen molar-refractivity contribution < 1.29 is 4.79 Å². The summed E-state index contributed by atoms with van der Waals surface area (Å²) in [7, 11) is 0. The molecular weight excluding hydrogens is 327 g/mol. The second-order valence-electron chi connectivity index (χ2n) is 3.95. The molecule has 0 atom stereocenters. The number of urea groups is 1. The summed E-state index contributed by atoms with van der Waals surface area (Å²) in [6.45, 7) is 2.92. The van der Waals surface area contributed by atoms with Gasteiger partial charge in [0.25, 0.3) is 0 Å². The second kappa shape index (κ2) is 8.33. The first kappa shape index (κ1) is 14.3. The van der Waals surface area contributed by atoms with Crippen molar-refractivity contribution in [2.75, 3.05) is 11.9 Å². The normalized spacial score (nSPS) is 10.0. The molecule has 4 heteroatoms. The van der Waals surface area contributed by atoms with Crippen LogP contribution in [-0.4, -0.2) is 12.6 Å². The Morgan fingerprint density at radius 1 is 1.18 bits per heavy atom. The summed E-state index contributed by atoms with van der Waals surface area (Å²) in [5.41, 5.74) is 0.830. The fourth-order valence-corrected chi connectivity index (χ4v) is 1.82. The van der Waals surface area contributed by atoms with E-state index in [0.29, 0.717) is 0 Å². The Bertz CT molecular complexity index is 338. The van der Waals surface area contributed by atoms with Crippen LogP contribution in [0.3, 0.4) is 0 Å².